The number of hydrogen-bond donors (Lipinski definition) is 1. The Kier molecular flexibility index (Phi) is 3.32. The van der Waals surface area contributed by atoms with E-state index in [9.17, 15) is 13.2 Å². The maximum atomic E-state index is 12.7. The van der Waals surface area contributed by atoms with Crippen molar-refractivity contribution in [1.29, 1.82) is 0 Å². The van der Waals surface area contributed by atoms with Crippen molar-refractivity contribution in [1.82, 2.24) is 10.1 Å². The van der Waals surface area contributed by atoms with E-state index in [1.807, 2.05) is 0 Å². The molecule has 1 aromatic heterocycles. The first-order chi connectivity index (χ1) is 10.4. The van der Waals surface area contributed by atoms with Gasteiger partial charge in [-0.1, -0.05) is 29.4 Å². The van der Waals surface area contributed by atoms with Crippen LogP contribution in [-0.4, -0.2) is 10.1 Å². The highest BCUT2D eigenvalue weighted by molar-refractivity contribution is 5.71. The van der Waals surface area contributed by atoms with Crippen molar-refractivity contribution in [2.45, 2.75) is 6.18 Å². The van der Waals surface area contributed by atoms with Crippen LogP contribution < -0.4 is 5.73 Å². The van der Waals surface area contributed by atoms with Gasteiger partial charge in [-0.25, -0.2) is 0 Å². The molecule has 1 heterocycles. The van der Waals surface area contributed by atoms with Gasteiger partial charge >= 0.3 is 6.18 Å². The number of hydrogen-bond acceptors (Lipinski definition) is 4. The van der Waals surface area contributed by atoms with Crippen molar-refractivity contribution in [3.8, 4) is 22.8 Å². The summed E-state index contributed by atoms with van der Waals surface area (Å²) in [6, 6.07) is 11.6. The lowest BCUT2D eigenvalue weighted by molar-refractivity contribution is -0.137. The van der Waals surface area contributed by atoms with Crippen molar-refractivity contribution >= 4 is 5.69 Å². The quantitative estimate of drug-likeness (QED) is 0.727. The van der Waals surface area contributed by atoms with Crippen molar-refractivity contribution in [3.05, 3.63) is 54.1 Å². The number of anilines is 1. The number of aromatic nitrogens is 2. The number of rotatable bonds is 2. The van der Waals surface area contributed by atoms with E-state index in [4.69, 9.17) is 10.3 Å². The van der Waals surface area contributed by atoms with Crippen LogP contribution in [0.15, 0.2) is 53.1 Å². The Morgan fingerprint density at radius 3 is 2.50 bits per heavy atom. The molecular weight excluding hydrogens is 295 g/mol. The predicted octanol–water partition coefficient (Wildman–Crippen LogP) is 4.00. The molecule has 7 heteroatoms. The van der Waals surface area contributed by atoms with Gasteiger partial charge in [0.2, 0.25) is 5.82 Å². The Morgan fingerprint density at radius 1 is 1.00 bits per heavy atom. The molecule has 3 rings (SSSR count). The maximum absolute atomic E-state index is 12.7. The summed E-state index contributed by atoms with van der Waals surface area (Å²) in [6.07, 6.45) is -4.42. The molecule has 22 heavy (non-hydrogen) atoms. The molecule has 0 saturated heterocycles. The van der Waals surface area contributed by atoms with Crippen molar-refractivity contribution < 1.29 is 17.7 Å². The normalized spacial score (nSPS) is 11.6. The van der Waals surface area contributed by atoms with Gasteiger partial charge in [0, 0.05) is 11.3 Å². The Labute approximate surface area is 123 Å². The first kappa shape index (κ1) is 14.1. The molecule has 3 aromatic rings. The van der Waals surface area contributed by atoms with E-state index in [1.54, 1.807) is 24.3 Å². The number of benzene rings is 2. The third kappa shape index (κ3) is 2.65. The summed E-state index contributed by atoms with van der Waals surface area (Å²) >= 11 is 0. The molecule has 4 nitrogen and oxygen atoms in total. The van der Waals surface area contributed by atoms with Crippen LogP contribution in [0, 0.1) is 0 Å². The fourth-order valence-electron chi connectivity index (χ4n) is 1.98. The topological polar surface area (TPSA) is 64.9 Å². The zero-order valence-corrected chi connectivity index (χ0v) is 11.1. The van der Waals surface area contributed by atoms with Crippen molar-refractivity contribution in [2.24, 2.45) is 0 Å². The highest BCUT2D eigenvalue weighted by atomic mass is 19.4. The van der Waals surface area contributed by atoms with Gasteiger partial charge in [0.1, 0.15) is 0 Å². The fraction of sp³-hybridized carbons (Fsp3) is 0.0667. The maximum Gasteiger partial charge on any atom is 0.416 e. The molecule has 0 radical (unpaired) electrons. The van der Waals surface area contributed by atoms with Crippen LogP contribution >= 0.6 is 0 Å². The van der Waals surface area contributed by atoms with E-state index in [0.29, 0.717) is 11.3 Å². The van der Waals surface area contributed by atoms with Crippen molar-refractivity contribution in [2.75, 3.05) is 5.73 Å². The second kappa shape index (κ2) is 5.18. The standard InChI is InChI=1S/C15H10F3N3O/c16-15(17,18)10-5-3-4-9(8-10)13-20-14(22-21-13)11-6-1-2-7-12(11)19/h1-8H,19H2. The number of halogens is 3. The van der Waals surface area contributed by atoms with Crippen LogP contribution in [-0.2, 0) is 6.18 Å². The monoisotopic (exact) mass is 305 g/mol. The summed E-state index contributed by atoms with van der Waals surface area (Å²) in [4.78, 5) is 4.11. The molecule has 0 fully saturated rings. The van der Waals surface area contributed by atoms with Gasteiger partial charge in [0.15, 0.2) is 0 Å². The van der Waals surface area contributed by atoms with E-state index in [2.05, 4.69) is 10.1 Å². The molecule has 0 bridgehead atoms. The molecule has 0 aliphatic carbocycles. The Hall–Kier alpha value is -2.83. The molecule has 0 unspecified atom stereocenters. The highest BCUT2D eigenvalue weighted by Crippen LogP contribution is 2.32. The van der Waals surface area contributed by atoms with Gasteiger partial charge in [-0.2, -0.15) is 18.2 Å². The average molecular weight is 305 g/mol. The lowest BCUT2D eigenvalue weighted by atomic mass is 10.1. The minimum atomic E-state index is -4.42. The van der Waals surface area contributed by atoms with Crippen LogP contribution in [0.5, 0.6) is 0 Å². The van der Waals surface area contributed by atoms with E-state index in [1.165, 1.54) is 12.1 Å². The largest absolute Gasteiger partial charge is 0.416 e. The molecule has 2 aromatic carbocycles. The molecule has 0 aliphatic rings. The van der Waals surface area contributed by atoms with Gasteiger partial charge in [0.25, 0.3) is 5.89 Å². The lowest BCUT2D eigenvalue weighted by Gasteiger charge is -2.06. The number of para-hydroxylation sites is 1. The number of nitrogens with two attached hydrogens (primary N) is 1. The van der Waals surface area contributed by atoms with Crippen molar-refractivity contribution in [3.63, 3.8) is 0 Å². The summed E-state index contributed by atoms with van der Waals surface area (Å²) in [5.74, 6) is 0.231. The third-order valence-electron chi connectivity index (χ3n) is 3.07. The van der Waals surface area contributed by atoms with Gasteiger partial charge in [-0.15, -0.1) is 0 Å². The summed E-state index contributed by atoms with van der Waals surface area (Å²) < 4.78 is 43.3. The first-order valence-corrected chi connectivity index (χ1v) is 6.31. The summed E-state index contributed by atoms with van der Waals surface area (Å²) in [5.41, 5.74) is 6.24. The SMILES string of the molecule is Nc1ccccc1-c1nc(-c2cccc(C(F)(F)F)c2)no1. The van der Waals surface area contributed by atoms with Crippen LogP contribution in [0.1, 0.15) is 5.56 Å². The summed E-state index contributed by atoms with van der Waals surface area (Å²) in [6.45, 7) is 0. The zero-order valence-electron chi connectivity index (χ0n) is 11.1. The molecule has 112 valence electrons. The molecule has 0 atom stereocenters. The van der Waals surface area contributed by atoms with Crippen LogP contribution in [0.4, 0.5) is 18.9 Å². The Morgan fingerprint density at radius 2 is 1.77 bits per heavy atom. The fourth-order valence-corrected chi connectivity index (χ4v) is 1.98. The van der Waals surface area contributed by atoms with Gasteiger partial charge in [0.05, 0.1) is 11.1 Å². The summed E-state index contributed by atoms with van der Waals surface area (Å²) in [5, 5.41) is 3.72. The lowest BCUT2D eigenvalue weighted by Crippen LogP contribution is -2.04. The number of nitrogens with zero attached hydrogens (tertiary/aromatic N) is 2. The molecule has 0 spiro atoms. The number of nitrogen functional groups attached to an aromatic ring is 1. The van der Waals surface area contributed by atoms with E-state index < -0.39 is 11.7 Å². The second-order valence-corrected chi connectivity index (χ2v) is 4.59. The summed E-state index contributed by atoms with van der Waals surface area (Å²) in [7, 11) is 0. The molecule has 2 N–H and O–H groups in total. The van der Waals surface area contributed by atoms with Crippen LogP contribution in [0.25, 0.3) is 22.8 Å². The van der Waals surface area contributed by atoms with E-state index >= 15 is 0 Å². The highest BCUT2D eigenvalue weighted by Gasteiger charge is 2.30. The minimum absolute atomic E-state index is 0.0735. The van der Waals surface area contributed by atoms with Gasteiger partial charge < -0.3 is 10.3 Å². The van der Waals surface area contributed by atoms with Crippen LogP contribution in [0.3, 0.4) is 0 Å². The molecular formula is C15H10F3N3O. The second-order valence-electron chi connectivity index (χ2n) is 4.59. The third-order valence-corrected chi connectivity index (χ3v) is 3.07. The zero-order chi connectivity index (χ0) is 15.7. The van der Waals surface area contributed by atoms with E-state index in [-0.39, 0.29) is 17.3 Å². The van der Waals surface area contributed by atoms with E-state index in [0.717, 1.165) is 12.1 Å². The Balaban J connectivity index is 2.00. The molecule has 0 amide bonds. The first-order valence-electron chi connectivity index (χ1n) is 6.31. The molecule has 0 saturated carbocycles. The molecule has 0 aliphatic heterocycles. The predicted molar refractivity (Wildman–Crippen MR) is 74.6 cm³/mol. The smallest absolute Gasteiger partial charge is 0.398 e. The van der Waals surface area contributed by atoms with Gasteiger partial charge in [-0.05, 0) is 24.3 Å². The van der Waals surface area contributed by atoms with Gasteiger partial charge in [-0.3, -0.25) is 0 Å². The Bertz CT molecular complexity index is 812. The number of alkyl halides is 3. The minimum Gasteiger partial charge on any atom is -0.398 e. The average Bonchev–Trinajstić information content (AvgIpc) is 2.97. The van der Waals surface area contributed by atoms with Crippen LogP contribution in [0.2, 0.25) is 0 Å².